The highest BCUT2D eigenvalue weighted by Crippen LogP contribution is 2.24. The van der Waals surface area contributed by atoms with E-state index in [2.05, 4.69) is 27.1 Å². The average Bonchev–Trinajstić information content (AvgIpc) is 3.35. The molecule has 0 bridgehead atoms. The van der Waals surface area contributed by atoms with Gasteiger partial charge in [0.05, 0.1) is 11.7 Å². The summed E-state index contributed by atoms with van der Waals surface area (Å²) in [6.07, 6.45) is 3.39. The van der Waals surface area contributed by atoms with Crippen LogP contribution in [0.3, 0.4) is 0 Å². The van der Waals surface area contributed by atoms with Gasteiger partial charge in [-0.15, -0.1) is 0 Å². The van der Waals surface area contributed by atoms with Crippen LogP contribution in [0.15, 0.2) is 65.7 Å². The summed E-state index contributed by atoms with van der Waals surface area (Å²) in [5, 5.41) is 4.86. The summed E-state index contributed by atoms with van der Waals surface area (Å²) in [6.45, 7) is 3.85. The minimum absolute atomic E-state index is 0.116. The molecule has 1 aliphatic heterocycles. The first-order valence-electron chi connectivity index (χ1n) is 11.1. The van der Waals surface area contributed by atoms with Crippen molar-refractivity contribution < 1.29 is 4.79 Å². The van der Waals surface area contributed by atoms with Crippen LogP contribution in [0.25, 0.3) is 16.6 Å². The number of halogens is 1. The lowest BCUT2D eigenvalue weighted by Gasteiger charge is -2.32. The van der Waals surface area contributed by atoms with Gasteiger partial charge in [-0.05, 0) is 37.4 Å². The maximum atomic E-state index is 13.2. The molecule has 34 heavy (non-hydrogen) atoms. The lowest BCUT2D eigenvalue weighted by molar-refractivity contribution is 0.0954. The third-order valence-corrected chi connectivity index (χ3v) is 7.30. The predicted octanol–water partition coefficient (Wildman–Crippen LogP) is 3.78. The molecule has 3 heterocycles. The van der Waals surface area contributed by atoms with Crippen LogP contribution in [-0.2, 0) is 6.54 Å². The molecule has 1 aliphatic rings. The molecule has 0 spiro atoms. The SMILES string of the molecule is CN1CCN(c2ncc(C(=O)NCc3cn(-c4ccccc4)c4cc(Cl)ccc4c3=O)s2)CC1. The largest absolute Gasteiger partial charge is 0.347 e. The Morgan fingerprint density at radius 3 is 2.65 bits per heavy atom. The van der Waals surface area contributed by atoms with Crippen LogP contribution in [0, 0.1) is 0 Å². The van der Waals surface area contributed by atoms with Crippen LogP contribution < -0.4 is 15.6 Å². The Bertz CT molecular complexity index is 1390. The number of para-hydroxylation sites is 1. The number of fused-ring (bicyclic) bond motifs is 1. The second-order valence-corrected chi connectivity index (χ2v) is 9.78. The number of piperazine rings is 1. The van der Waals surface area contributed by atoms with Crippen molar-refractivity contribution in [2.45, 2.75) is 6.54 Å². The Kier molecular flexibility index (Phi) is 6.36. The van der Waals surface area contributed by atoms with E-state index in [4.69, 9.17) is 11.6 Å². The lowest BCUT2D eigenvalue weighted by atomic mass is 10.1. The number of hydrogen-bond acceptors (Lipinski definition) is 6. The van der Waals surface area contributed by atoms with Crippen molar-refractivity contribution in [3.8, 4) is 5.69 Å². The van der Waals surface area contributed by atoms with E-state index >= 15 is 0 Å². The van der Waals surface area contributed by atoms with Gasteiger partial charge in [0, 0.05) is 60.6 Å². The van der Waals surface area contributed by atoms with Crippen LogP contribution >= 0.6 is 22.9 Å². The Morgan fingerprint density at radius 2 is 1.88 bits per heavy atom. The van der Waals surface area contributed by atoms with E-state index in [1.54, 1.807) is 30.6 Å². The molecule has 0 aliphatic carbocycles. The van der Waals surface area contributed by atoms with Crippen LogP contribution in [0.1, 0.15) is 15.2 Å². The van der Waals surface area contributed by atoms with Crippen molar-refractivity contribution in [3.05, 3.63) is 86.6 Å². The Morgan fingerprint density at radius 1 is 1.12 bits per heavy atom. The predicted molar refractivity (Wildman–Crippen MR) is 138 cm³/mol. The molecule has 5 rings (SSSR count). The maximum absolute atomic E-state index is 13.2. The fraction of sp³-hybridized carbons (Fsp3) is 0.240. The van der Waals surface area contributed by atoms with Crippen LogP contribution in [0.5, 0.6) is 0 Å². The number of anilines is 1. The number of nitrogens with zero attached hydrogens (tertiary/aromatic N) is 4. The summed E-state index contributed by atoms with van der Waals surface area (Å²) in [5.74, 6) is -0.236. The van der Waals surface area contributed by atoms with Crippen molar-refractivity contribution in [2.75, 3.05) is 38.1 Å². The highest BCUT2D eigenvalue weighted by atomic mass is 35.5. The quantitative estimate of drug-likeness (QED) is 0.458. The number of hydrogen-bond donors (Lipinski definition) is 1. The zero-order valence-corrected chi connectivity index (χ0v) is 20.3. The van der Waals surface area contributed by atoms with Gasteiger partial charge in [-0.2, -0.15) is 0 Å². The molecule has 0 saturated carbocycles. The number of likely N-dealkylation sites (N-methyl/N-ethyl adjacent to an activating group) is 1. The number of nitrogens with one attached hydrogen (secondary N) is 1. The standard InChI is InChI=1S/C25H24ClN5O2S/c1-29-9-11-30(12-10-29)25-28-15-22(34-25)24(33)27-14-17-16-31(19-5-3-2-4-6-19)21-13-18(26)7-8-20(21)23(17)32/h2-8,13,15-16H,9-12,14H2,1H3,(H,27,33). The summed E-state index contributed by atoms with van der Waals surface area (Å²) in [5.41, 5.74) is 2.00. The molecule has 9 heteroatoms. The number of benzene rings is 2. The fourth-order valence-electron chi connectivity index (χ4n) is 4.06. The lowest BCUT2D eigenvalue weighted by Crippen LogP contribution is -2.44. The number of thiazole rings is 1. The first-order valence-corrected chi connectivity index (χ1v) is 12.3. The highest BCUT2D eigenvalue weighted by molar-refractivity contribution is 7.17. The summed E-state index contributed by atoms with van der Waals surface area (Å²) in [4.78, 5) is 35.5. The van der Waals surface area contributed by atoms with Crippen molar-refractivity contribution in [1.29, 1.82) is 0 Å². The number of rotatable bonds is 5. The van der Waals surface area contributed by atoms with Gasteiger partial charge in [-0.25, -0.2) is 4.98 Å². The first kappa shape index (κ1) is 22.6. The molecule has 7 nitrogen and oxygen atoms in total. The smallest absolute Gasteiger partial charge is 0.263 e. The average molecular weight is 494 g/mol. The summed E-state index contributed by atoms with van der Waals surface area (Å²) in [6, 6.07) is 15.0. The first-order chi connectivity index (χ1) is 16.5. The van der Waals surface area contributed by atoms with Crippen LogP contribution in [-0.4, -0.2) is 53.6 Å². The zero-order valence-electron chi connectivity index (χ0n) is 18.7. The normalized spacial score (nSPS) is 14.5. The van der Waals surface area contributed by atoms with Crippen LogP contribution in [0.2, 0.25) is 5.02 Å². The van der Waals surface area contributed by atoms with E-state index in [0.29, 0.717) is 20.8 Å². The van der Waals surface area contributed by atoms with E-state index in [9.17, 15) is 9.59 Å². The number of carbonyl (C=O) groups excluding carboxylic acids is 1. The molecule has 0 radical (unpaired) electrons. The fourth-order valence-corrected chi connectivity index (χ4v) is 5.11. The van der Waals surface area contributed by atoms with Gasteiger partial charge in [0.2, 0.25) is 0 Å². The molecule has 2 aromatic heterocycles. The second-order valence-electron chi connectivity index (χ2n) is 8.33. The molecule has 0 atom stereocenters. The maximum Gasteiger partial charge on any atom is 0.263 e. The van der Waals surface area contributed by atoms with E-state index in [-0.39, 0.29) is 17.9 Å². The minimum atomic E-state index is -0.236. The molecule has 4 aromatic rings. The molecule has 1 saturated heterocycles. The van der Waals surface area contributed by atoms with Gasteiger partial charge in [-0.1, -0.05) is 41.1 Å². The molecule has 1 fully saturated rings. The van der Waals surface area contributed by atoms with Crippen molar-refractivity contribution in [1.82, 2.24) is 19.8 Å². The summed E-state index contributed by atoms with van der Waals surface area (Å²) in [7, 11) is 2.10. The molecule has 174 valence electrons. The third kappa shape index (κ3) is 4.57. The number of amides is 1. The van der Waals surface area contributed by atoms with Gasteiger partial charge >= 0.3 is 0 Å². The molecule has 0 unspecified atom stereocenters. The number of carbonyl (C=O) groups is 1. The number of pyridine rings is 1. The highest BCUT2D eigenvalue weighted by Gasteiger charge is 2.19. The van der Waals surface area contributed by atoms with Crippen molar-refractivity contribution >= 4 is 44.9 Å². The van der Waals surface area contributed by atoms with Crippen molar-refractivity contribution in [2.24, 2.45) is 0 Å². The van der Waals surface area contributed by atoms with E-state index < -0.39 is 0 Å². The summed E-state index contributed by atoms with van der Waals surface area (Å²) >= 11 is 7.60. The zero-order chi connectivity index (χ0) is 23.7. The molecular formula is C25H24ClN5O2S. The molecule has 2 aromatic carbocycles. The van der Waals surface area contributed by atoms with Gasteiger partial charge in [-0.3, -0.25) is 9.59 Å². The third-order valence-electron chi connectivity index (χ3n) is 6.01. The monoisotopic (exact) mass is 493 g/mol. The van der Waals surface area contributed by atoms with E-state index in [1.807, 2.05) is 34.9 Å². The van der Waals surface area contributed by atoms with E-state index in [1.165, 1.54) is 11.3 Å². The molecule has 1 N–H and O–H groups in total. The number of aromatic nitrogens is 2. The van der Waals surface area contributed by atoms with Crippen LogP contribution in [0.4, 0.5) is 5.13 Å². The van der Waals surface area contributed by atoms with Gasteiger partial charge < -0.3 is 19.7 Å². The second kappa shape index (κ2) is 9.58. The Hall–Kier alpha value is -3.20. The summed E-state index contributed by atoms with van der Waals surface area (Å²) < 4.78 is 1.93. The Labute approximate surface area is 206 Å². The van der Waals surface area contributed by atoms with E-state index in [0.717, 1.165) is 42.5 Å². The molecule has 1 amide bonds. The minimum Gasteiger partial charge on any atom is -0.347 e. The van der Waals surface area contributed by atoms with Crippen molar-refractivity contribution in [3.63, 3.8) is 0 Å². The van der Waals surface area contributed by atoms with Gasteiger partial charge in [0.1, 0.15) is 4.88 Å². The van der Waals surface area contributed by atoms with Gasteiger partial charge in [0.25, 0.3) is 5.91 Å². The van der Waals surface area contributed by atoms with Gasteiger partial charge in [0.15, 0.2) is 10.6 Å². The topological polar surface area (TPSA) is 70.5 Å². The molecular weight excluding hydrogens is 470 g/mol. The Balaban J connectivity index is 1.39.